The number of hydrogen-bond acceptors (Lipinski definition) is 10. The van der Waals surface area contributed by atoms with Gasteiger partial charge in [0.25, 0.3) is 0 Å². The highest BCUT2D eigenvalue weighted by atomic mass is 32.2. The van der Waals surface area contributed by atoms with Crippen LogP contribution in [0.1, 0.15) is 0 Å². The lowest BCUT2D eigenvalue weighted by Crippen LogP contribution is -2.00. The van der Waals surface area contributed by atoms with Gasteiger partial charge in [0.15, 0.2) is 0 Å². The van der Waals surface area contributed by atoms with Crippen molar-refractivity contribution < 1.29 is 9.59 Å². The fourth-order valence-corrected chi connectivity index (χ4v) is 11.6. The molecule has 0 aromatic heterocycles. The van der Waals surface area contributed by atoms with Gasteiger partial charge >= 0.3 is 0 Å². The number of rotatable bonds is 12. The second-order valence-corrected chi connectivity index (χ2v) is 14.8. The van der Waals surface area contributed by atoms with E-state index in [1.807, 2.05) is 70.6 Å². The number of hydrogen-bond donors (Lipinski definition) is 0. The summed E-state index contributed by atoms with van der Waals surface area (Å²) in [4.78, 5) is 25.1. The monoisotopic (exact) mass is 512 g/mol. The lowest BCUT2D eigenvalue weighted by atomic mass is 10.7. The molecule has 2 heterocycles. The molecule has 0 saturated heterocycles. The Morgan fingerprint density at radius 3 is 1.74 bits per heavy atom. The zero-order valence-electron chi connectivity index (χ0n) is 14.5. The first-order valence-corrected chi connectivity index (χ1v) is 15.8. The zero-order valence-corrected chi connectivity index (χ0v) is 21.0. The van der Waals surface area contributed by atoms with Crippen LogP contribution < -0.4 is 0 Å². The summed E-state index contributed by atoms with van der Waals surface area (Å²) in [5.74, 6) is 3.77. The van der Waals surface area contributed by atoms with Crippen LogP contribution >= 0.6 is 94.1 Å². The largest absolute Gasteiger partial charge is 0.282 e. The maximum atomic E-state index is 11.3. The van der Waals surface area contributed by atoms with Crippen molar-refractivity contribution in [2.45, 2.75) is 9.16 Å². The molecule has 2 atom stereocenters. The molecule has 2 rings (SSSR count). The molecule has 0 N–H and O–H groups in total. The van der Waals surface area contributed by atoms with Crippen LogP contribution in [0.25, 0.3) is 0 Å². The Morgan fingerprint density at radius 1 is 0.889 bits per heavy atom. The fraction of sp³-hybridized carbons (Fsp3) is 0.412. The predicted octanol–water partition coefficient (Wildman–Crippen LogP) is 6.60. The van der Waals surface area contributed by atoms with E-state index in [0.29, 0.717) is 9.16 Å². The van der Waals surface area contributed by atoms with E-state index in [0.717, 1.165) is 28.1 Å². The summed E-state index contributed by atoms with van der Waals surface area (Å²) < 4.78 is 1.13. The topological polar surface area (TPSA) is 34.1 Å². The van der Waals surface area contributed by atoms with Crippen molar-refractivity contribution in [2.75, 3.05) is 28.1 Å². The molecule has 2 unspecified atom stereocenters. The summed E-state index contributed by atoms with van der Waals surface area (Å²) in [6.07, 6.45) is 2.75. The molecule has 0 saturated carbocycles. The van der Waals surface area contributed by atoms with Crippen LogP contribution in [0.4, 0.5) is 0 Å². The van der Waals surface area contributed by atoms with Crippen molar-refractivity contribution in [1.82, 2.24) is 0 Å². The van der Waals surface area contributed by atoms with E-state index in [9.17, 15) is 9.59 Å². The lowest BCUT2D eigenvalue weighted by molar-refractivity contribution is -0.107. The quantitative estimate of drug-likeness (QED) is 0.162. The molecule has 0 aromatic rings. The van der Waals surface area contributed by atoms with E-state index < -0.39 is 0 Å². The Kier molecular flexibility index (Phi) is 12.8. The van der Waals surface area contributed by atoms with Gasteiger partial charge in [0.05, 0.1) is 9.16 Å². The molecular formula is C17H20O2S8. The van der Waals surface area contributed by atoms with Crippen LogP contribution in [0, 0.1) is 0 Å². The van der Waals surface area contributed by atoms with Crippen molar-refractivity contribution in [3.8, 4) is 0 Å². The first-order valence-electron chi connectivity index (χ1n) is 7.87. The highest BCUT2D eigenvalue weighted by molar-refractivity contribution is 8.26. The maximum Gasteiger partial charge on any atom is 0.211 e. The van der Waals surface area contributed by atoms with Gasteiger partial charge in [-0.05, 0) is 23.0 Å². The molecule has 0 aromatic carbocycles. The van der Waals surface area contributed by atoms with Crippen molar-refractivity contribution in [3.63, 3.8) is 0 Å². The molecule has 0 radical (unpaired) electrons. The van der Waals surface area contributed by atoms with Crippen LogP contribution in [-0.4, -0.2) is 47.5 Å². The summed E-state index contributed by atoms with van der Waals surface area (Å²) in [6, 6.07) is 0. The van der Waals surface area contributed by atoms with Crippen molar-refractivity contribution in [3.05, 3.63) is 45.9 Å². The van der Waals surface area contributed by atoms with Gasteiger partial charge < -0.3 is 0 Å². The van der Waals surface area contributed by atoms with E-state index in [-0.39, 0.29) is 10.2 Å². The van der Waals surface area contributed by atoms with Crippen LogP contribution in [0.3, 0.4) is 0 Å². The standard InChI is InChI=1S/C17H20O2S8/c1-3-14(18)22-5-12-7-24-16(26-12)9-20-11-21-10-17-25-8-13(27-17)6-23-15(19)4-2/h3-4,7-8,16-17H,1-2,5-6,9-11H2. The van der Waals surface area contributed by atoms with Gasteiger partial charge in [0.1, 0.15) is 0 Å². The Hall–Kier alpha value is 1.10. The smallest absolute Gasteiger partial charge is 0.211 e. The first kappa shape index (κ1) is 24.4. The third-order valence-electron chi connectivity index (χ3n) is 2.99. The molecule has 10 heteroatoms. The molecule has 0 spiro atoms. The third kappa shape index (κ3) is 10.1. The molecule has 0 fully saturated rings. The molecule has 0 amide bonds. The first-order chi connectivity index (χ1) is 13.1. The van der Waals surface area contributed by atoms with E-state index in [4.69, 9.17) is 0 Å². The van der Waals surface area contributed by atoms with E-state index in [1.165, 1.54) is 45.5 Å². The fourth-order valence-electron chi connectivity index (χ4n) is 1.79. The van der Waals surface area contributed by atoms with Gasteiger partial charge in [-0.25, -0.2) is 0 Å². The number of thioether (sulfide) groups is 8. The Morgan fingerprint density at radius 2 is 1.33 bits per heavy atom. The second-order valence-electron chi connectivity index (χ2n) is 5.02. The van der Waals surface area contributed by atoms with Gasteiger partial charge in [-0.3, -0.25) is 9.59 Å². The van der Waals surface area contributed by atoms with Crippen LogP contribution in [0.15, 0.2) is 45.9 Å². The summed E-state index contributed by atoms with van der Waals surface area (Å²) in [5.41, 5.74) is 0. The van der Waals surface area contributed by atoms with Crippen LogP contribution in [0.5, 0.6) is 0 Å². The predicted molar refractivity (Wildman–Crippen MR) is 139 cm³/mol. The maximum absolute atomic E-state index is 11.3. The normalized spacial score (nSPS) is 21.6. The molecule has 0 aliphatic carbocycles. The van der Waals surface area contributed by atoms with Gasteiger partial charge in [0.2, 0.25) is 10.2 Å². The molecule has 2 nitrogen and oxygen atoms in total. The molecular weight excluding hydrogens is 493 g/mol. The highest BCUT2D eigenvalue weighted by Crippen LogP contribution is 2.44. The van der Waals surface area contributed by atoms with Gasteiger partial charge in [-0.2, -0.15) is 0 Å². The summed E-state index contributed by atoms with van der Waals surface area (Å²) >= 11 is 14.1. The average molecular weight is 513 g/mol. The molecule has 2 aliphatic rings. The molecule has 2 aliphatic heterocycles. The lowest BCUT2D eigenvalue weighted by Gasteiger charge is -2.10. The second kappa shape index (κ2) is 14.2. The minimum Gasteiger partial charge on any atom is -0.282 e. The Balaban J connectivity index is 1.47. The number of carbonyl (C=O) groups excluding carboxylic acids is 2. The zero-order chi connectivity index (χ0) is 19.5. The Labute approximate surface area is 195 Å². The Bertz CT molecular complexity index is 564. The number of carbonyl (C=O) groups is 2. The van der Waals surface area contributed by atoms with Crippen molar-refractivity contribution in [1.29, 1.82) is 0 Å². The van der Waals surface area contributed by atoms with E-state index in [2.05, 4.69) is 24.0 Å². The molecule has 148 valence electrons. The minimum atomic E-state index is 0.0434. The molecule has 0 bridgehead atoms. The average Bonchev–Trinajstić information content (AvgIpc) is 3.33. The third-order valence-corrected chi connectivity index (χ3v) is 13.8. The summed E-state index contributed by atoms with van der Waals surface area (Å²) in [6.45, 7) is 7.00. The SMILES string of the molecule is C=CC(=O)SCC1=CSC(CSCSCC2SC=C(CSC(=O)C=C)S2)S1. The van der Waals surface area contributed by atoms with E-state index >= 15 is 0 Å². The van der Waals surface area contributed by atoms with Gasteiger partial charge in [-0.1, -0.05) is 36.7 Å². The van der Waals surface area contributed by atoms with Crippen LogP contribution in [0.2, 0.25) is 0 Å². The van der Waals surface area contributed by atoms with Crippen LogP contribution in [-0.2, 0) is 9.59 Å². The van der Waals surface area contributed by atoms with E-state index in [1.54, 1.807) is 0 Å². The summed E-state index contributed by atoms with van der Waals surface area (Å²) in [7, 11) is 0. The summed E-state index contributed by atoms with van der Waals surface area (Å²) in [5, 5.41) is 5.58. The van der Waals surface area contributed by atoms with Gasteiger partial charge in [-0.15, -0.1) is 70.6 Å². The van der Waals surface area contributed by atoms with Crippen molar-refractivity contribution >= 4 is 104 Å². The van der Waals surface area contributed by atoms with Gasteiger partial charge in [0, 0.05) is 37.9 Å². The molecule has 27 heavy (non-hydrogen) atoms. The highest BCUT2D eigenvalue weighted by Gasteiger charge is 2.21. The van der Waals surface area contributed by atoms with Crippen molar-refractivity contribution in [2.24, 2.45) is 0 Å². The minimum absolute atomic E-state index is 0.0434.